The fourth-order valence-corrected chi connectivity index (χ4v) is 4.61. The molecule has 3 aromatic rings. The zero-order valence-electron chi connectivity index (χ0n) is 14.1. The number of hydrogen-bond donors (Lipinski definition) is 0. The maximum atomic E-state index is 12.8. The minimum atomic E-state index is -0.320. The van der Waals surface area contributed by atoms with Gasteiger partial charge in [0.25, 0.3) is 5.91 Å². The number of fused-ring (bicyclic) bond motifs is 1. The first-order valence-corrected chi connectivity index (χ1v) is 10.1. The van der Waals surface area contributed by atoms with E-state index >= 15 is 0 Å². The number of halogens is 2. The fraction of sp³-hybridized carbons (Fsp3) is 0.0500. The normalized spacial score (nSPS) is 15.8. The molecule has 28 heavy (non-hydrogen) atoms. The quantitative estimate of drug-likeness (QED) is 0.391. The lowest BCUT2D eigenvalue weighted by Gasteiger charge is -2.14. The van der Waals surface area contributed by atoms with Crippen molar-refractivity contribution in [3.63, 3.8) is 0 Å². The van der Waals surface area contributed by atoms with Crippen LogP contribution >= 0.6 is 47.2 Å². The van der Waals surface area contributed by atoms with Gasteiger partial charge in [-0.1, -0.05) is 77.5 Å². The highest BCUT2D eigenvalue weighted by Gasteiger charge is 2.32. The van der Waals surface area contributed by atoms with E-state index in [-0.39, 0.29) is 32.9 Å². The monoisotopic (exact) mass is 447 g/mol. The molecular formula is C20H11Cl2NO3S2. The molecule has 2 aromatic carbocycles. The molecule has 0 N–H and O–H groups in total. The molecule has 1 saturated heterocycles. The van der Waals surface area contributed by atoms with Gasteiger partial charge in [0.05, 0.1) is 27.4 Å². The Morgan fingerprint density at radius 2 is 1.89 bits per heavy atom. The molecule has 0 atom stereocenters. The summed E-state index contributed by atoms with van der Waals surface area (Å²) in [5, 5.41) is 0.836. The molecule has 0 unspecified atom stereocenters. The van der Waals surface area contributed by atoms with Gasteiger partial charge in [-0.25, -0.2) is 0 Å². The number of carbonyl (C=O) groups excluding carboxylic acids is 1. The van der Waals surface area contributed by atoms with Crippen molar-refractivity contribution >= 4 is 74.5 Å². The Kier molecular flexibility index (Phi) is 5.29. The number of rotatable bonds is 3. The average Bonchev–Trinajstić information content (AvgIpc) is 2.93. The number of hydrogen-bond acceptors (Lipinski definition) is 5. The minimum absolute atomic E-state index is 0.228. The van der Waals surface area contributed by atoms with Crippen molar-refractivity contribution in [3.8, 4) is 0 Å². The summed E-state index contributed by atoms with van der Waals surface area (Å²) >= 11 is 18.6. The molecule has 4 nitrogen and oxygen atoms in total. The van der Waals surface area contributed by atoms with Gasteiger partial charge in [0, 0.05) is 5.02 Å². The molecule has 140 valence electrons. The number of thiocarbonyl (C=S) groups is 1. The van der Waals surface area contributed by atoms with Gasteiger partial charge in [0.1, 0.15) is 10.6 Å². The summed E-state index contributed by atoms with van der Waals surface area (Å²) in [5.74, 6) is -0.248. The molecule has 1 amide bonds. The highest BCUT2D eigenvalue weighted by molar-refractivity contribution is 8.26. The molecule has 0 bridgehead atoms. The maximum Gasteiger partial charge on any atom is 0.266 e. The molecule has 4 rings (SSSR count). The van der Waals surface area contributed by atoms with Crippen molar-refractivity contribution in [2.75, 3.05) is 0 Å². The molecule has 0 aliphatic carbocycles. The van der Waals surface area contributed by atoms with Gasteiger partial charge < -0.3 is 4.42 Å². The second-order valence-corrected chi connectivity index (χ2v) is 8.56. The summed E-state index contributed by atoms with van der Waals surface area (Å²) < 4.78 is 5.94. The molecule has 0 saturated carbocycles. The second kappa shape index (κ2) is 7.72. The zero-order chi connectivity index (χ0) is 19.8. The number of carbonyl (C=O) groups is 1. The van der Waals surface area contributed by atoms with E-state index in [9.17, 15) is 9.59 Å². The molecule has 1 aliphatic heterocycles. The van der Waals surface area contributed by atoms with E-state index in [1.54, 1.807) is 0 Å². The van der Waals surface area contributed by atoms with Crippen LogP contribution in [0.3, 0.4) is 0 Å². The van der Waals surface area contributed by atoms with Crippen LogP contribution in [0.5, 0.6) is 0 Å². The van der Waals surface area contributed by atoms with Crippen molar-refractivity contribution in [2.24, 2.45) is 0 Å². The predicted molar refractivity (Wildman–Crippen MR) is 118 cm³/mol. The first-order valence-electron chi connectivity index (χ1n) is 8.14. The van der Waals surface area contributed by atoms with Crippen LogP contribution in [0.2, 0.25) is 10.0 Å². The van der Waals surface area contributed by atoms with Crippen molar-refractivity contribution < 1.29 is 9.21 Å². The van der Waals surface area contributed by atoms with Crippen LogP contribution < -0.4 is 5.43 Å². The molecule has 2 heterocycles. The number of thioether (sulfide) groups is 1. The van der Waals surface area contributed by atoms with Gasteiger partial charge in [-0.15, -0.1) is 0 Å². The first-order chi connectivity index (χ1) is 13.4. The van der Waals surface area contributed by atoms with Crippen LogP contribution in [-0.2, 0) is 11.3 Å². The third-order valence-corrected chi connectivity index (χ3v) is 6.04. The molecular weight excluding hydrogens is 437 g/mol. The van der Waals surface area contributed by atoms with Gasteiger partial charge in [-0.2, -0.15) is 0 Å². The van der Waals surface area contributed by atoms with Crippen LogP contribution in [0.15, 0.2) is 62.8 Å². The highest BCUT2D eigenvalue weighted by Crippen LogP contribution is 2.34. The summed E-state index contributed by atoms with van der Waals surface area (Å²) in [4.78, 5) is 27.4. The number of nitrogens with zero attached hydrogens (tertiary/aromatic N) is 1. The molecule has 1 fully saturated rings. The fourth-order valence-electron chi connectivity index (χ4n) is 2.82. The van der Waals surface area contributed by atoms with Crippen LogP contribution in [0, 0.1) is 0 Å². The molecule has 1 aliphatic rings. The Morgan fingerprint density at radius 1 is 1.14 bits per heavy atom. The molecule has 0 radical (unpaired) electrons. The van der Waals surface area contributed by atoms with E-state index in [0.29, 0.717) is 20.8 Å². The largest absolute Gasteiger partial charge is 0.462 e. The Hall–Kier alpha value is -2.12. The lowest BCUT2D eigenvalue weighted by Crippen LogP contribution is -2.27. The Labute approximate surface area is 179 Å². The van der Waals surface area contributed by atoms with Crippen LogP contribution in [0.4, 0.5) is 0 Å². The summed E-state index contributed by atoms with van der Waals surface area (Å²) in [5.41, 5.74) is 1.13. The van der Waals surface area contributed by atoms with E-state index < -0.39 is 0 Å². The van der Waals surface area contributed by atoms with E-state index in [1.165, 1.54) is 29.4 Å². The first kappa shape index (κ1) is 19.2. The number of amides is 1. The minimum Gasteiger partial charge on any atom is -0.462 e. The summed E-state index contributed by atoms with van der Waals surface area (Å²) in [6, 6.07) is 12.6. The zero-order valence-corrected chi connectivity index (χ0v) is 17.3. The van der Waals surface area contributed by atoms with Gasteiger partial charge in [-0.05, 0) is 23.8 Å². The van der Waals surface area contributed by atoms with Gasteiger partial charge in [0.15, 0.2) is 11.0 Å². The van der Waals surface area contributed by atoms with Crippen LogP contribution in [0.25, 0.3) is 17.0 Å². The Bertz CT molecular complexity index is 1210. The standard InChI is InChI=1S/C20H11Cl2NO3S2/c21-13-7-14-17(24)12(10-26-18(14)15(22)8-13)6-16-19(25)23(20(27)28-16)9-11-4-2-1-3-5-11/h1-8,10H,9H2/b16-6+. The van der Waals surface area contributed by atoms with E-state index in [0.717, 1.165) is 17.3 Å². The smallest absolute Gasteiger partial charge is 0.266 e. The van der Waals surface area contributed by atoms with Crippen LogP contribution in [-0.4, -0.2) is 15.1 Å². The number of benzene rings is 2. The van der Waals surface area contributed by atoms with Crippen LogP contribution in [0.1, 0.15) is 11.1 Å². The third kappa shape index (κ3) is 3.61. The van der Waals surface area contributed by atoms with Crippen molar-refractivity contribution in [1.82, 2.24) is 4.90 Å². The molecule has 0 spiro atoms. The highest BCUT2D eigenvalue weighted by atomic mass is 35.5. The van der Waals surface area contributed by atoms with Crippen molar-refractivity contribution in [1.29, 1.82) is 0 Å². The Morgan fingerprint density at radius 3 is 2.64 bits per heavy atom. The third-order valence-electron chi connectivity index (χ3n) is 4.16. The van der Waals surface area contributed by atoms with Gasteiger partial charge >= 0.3 is 0 Å². The predicted octanol–water partition coefficient (Wildman–Crippen LogP) is 5.50. The van der Waals surface area contributed by atoms with E-state index in [4.69, 9.17) is 39.8 Å². The van der Waals surface area contributed by atoms with Gasteiger partial charge in [0.2, 0.25) is 0 Å². The van der Waals surface area contributed by atoms with Gasteiger partial charge in [-0.3, -0.25) is 14.5 Å². The molecule has 1 aromatic heterocycles. The Balaban J connectivity index is 1.70. The lowest BCUT2D eigenvalue weighted by molar-refractivity contribution is -0.122. The topological polar surface area (TPSA) is 50.5 Å². The summed E-state index contributed by atoms with van der Waals surface area (Å²) in [7, 11) is 0. The molecule has 8 heteroatoms. The van der Waals surface area contributed by atoms with Crippen molar-refractivity contribution in [3.05, 3.63) is 85.0 Å². The SMILES string of the molecule is O=C1/C(=C\c2coc3c(Cl)cc(Cl)cc3c2=O)SC(=S)N1Cc1ccccc1. The second-order valence-electron chi connectivity index (χ2n) is 6.04. The summed E-state index contributed by atoms with van der Waals surface area (Å²) in [6.07, 6.45) is 2.78. The van der Waals surface area contributed by atoms with E-state index in [2.05, 4.69) is 0 Å². The van der Waals surface area contributed by atoms with E-state index in [1.807, 2.05) is 30.3 Å². The summed E-state index contributed by atoms with van der Waals surface area (Å²) in [6.45, 7) is 0.375. The maximum absolute atomic E-state index is 12.8. The average molecular weight is 448 g/mol. The lowest BCUT2D eigenvalue weighted by atomic mass is 10.1. The van der Waals surface area contributed by atoms with Crippen molar-refractivity contribution in [2.45, 2.75) is 6.54 Å².